The van der Waals surface area contributed by atoms with Crippen molar-refractivity contribution in [1.29, 1.82) is 5.26 Å². The van der Waals surface area contributed by atoms with Gasteiger partial charge in [-0.1, -0.05) is 89.1 Å². The lowest BCUT2D eigenvalue weighted by atomic mass is 9.96. The van der Waals surface area contributed by atoms with E-state index in [4.69, 9.17) is 14.5 Å². The number of fused-ring (bicyclic) bond motifs is 1. The van der Waals surface area contributed by atoms with Crippen molar-refractivity contribution in [2.45, 2.75) is 84.0 Å². The molecule has 3 aromatic carbocycles. The zero-order valence-electron chi connectivity index (χ0n) is 36.0. The summed E-state index contributed by atoms with van der Waals surface area (Å²) in [6, 6.07) is 20.8. The standard InChI is InChI=1S/C47H55N9O6/c1-26(2)39(54-46(59)61-5)44(57)53-41(31-9-7-8-10-31)43-50-23-36(52-43)30-13-11-29(12-14-30)32-15-16-34-21-35(18-17-33(34)20-32)37-24-49-42(51-37)38-19-28(22-48)25-56(38)45(58)40(27(3)4)55-47(60)62-6/h11-18,20-21,23-24,26-28,31,38-41H,7-10,19,25H2,1-6H3,(H,49,51)(H,50,52)(H,53,57)(H,54,59)(H,55,60)/t28-,38+,39+,40+,41+/m1/s1. The molecule has 0 radical (unpaired) electrons. The number of alkyl carbamates (subject to hydrolysis) is 2. The summed E-state index contributed by atoms with van der Waals surface area (Å²) >= 11 is 0. The lowest BCUT2D eigenvalue weighted by Gasteiger charge is -2.29. The van der Waals surface area contributed by atoms with E-state index in [1.165, 1.54) is 14.2 Å². The minimum absolute atomic E-state index is 0.140. The van der Waals surface area contributed by atoms with E-state index in [9.17, 15) is 24.4 Å². The Bertz CT molecular complexity index is 2450. The first-order chi connectivity index (χ1) is 29.9. The summed E-state index contributed by atoms with van der Waals surface area (Å²) in [7, 11) is 2.54. The number of likely N-dealkylation sites (tertiary alicyclic amines) is 1. The van der Waals surface area contributed by atoms with Gasteiger partial charge in [-0.05, 0) is 76.6 Å². The number of H-pyrrole nitrogens is 2. The van der Waals surface area contributed by atoms with Crippen molar-refractivity contribution in [2.24, 2.45) is 23.7 Å². The van der Waals surface area contributed by atoms with Crippen molar-refractivity contribution in [3.05, 3.63) is 84.7 Å². The zero-order chi connectivity index (χ0) is 44.1. The van der Waals surface area contributed by atoms with E-state index in [0.29, 0.717) is 18.1 Å². The van der Waals surface area contributed by atoms with Crippen molar-refractivity contribution in [1.82, 2.24) is 40.8 Å². The second-order valence-corrected chi connectivity index (χ2v) is 17.0. The van der Waals surface area contributed by atoms with Crippen LogP contribution < -0.4 is 16.0 Å². The van der Waals surface area contributed by atoms with Crippen LogP contribution in [-0.2, 0) is 19.1 Å². The van der Waals surface area contributed by atoms with Gasteiger partial charge in [0.2, 0.25) is 11.8 Å². The quantitative estimate of drug-likeness (QED) is 0.0782. The van der Waals surface area contributed by atoms with Crippen LogP contribution in [0.3, 0.4) is 0 Å². The highest BCUT2D eigenvalue weighted by Gasteiger charge is 2.42. The van der Waals surface area contributed by atoms with Crippen LogP contribution in [0.25, 0.3) is 44.4 Å². The van der Waals surface area contributed by atoms with Gasteiger partial charge in [0.1, 0.15) is 23.7 Å². The fraction of sp³-hybridized carbons (Fsp3) is 0.426. The maximum absolute atomic E-state index is 13.8. The van der Waals surface area contributed by atoms with E-state index in [0.717, 1.165) is 70.1 Å². The number of carbonyl (C=O) groups is 4. The number of amides is 4. The number of nitriles is 1. The summed E-state index contributed by atoms with van der Waals surface area (Å²) in [5.74, 6) is 0.255. The minimum atomic E-state index is -0.810. The number of nitrogens with one attached hydrogen (secondary N) is 5. The van der Waals surface area contributed by atoms with Gasteiger partial charge in [0.25, 0.3) is 0 Å². The Labute approximate surface area is 361 Å². The first-order valence-corrected chi connectivity index (χ1v) is 21.3. The van der Waals surface area contributed by atoms with Crippen molar-refractivity contribution in [2.75, 3.05) is 20.8 Å². The van der Waals surface area contributed by atoms with E-state index in [-0.39, 0.29) is 48.1 Å². The normalized spacial score (nSPS) is 18.0. The highest BCUT2D eigenvalue weighted by molar-refractivity contribution is 5.91. The van der Waals surface area contributed by atoms with Gasteiger partial charge in [-0.2, -0.15) is 5.26 Å². The Morgan fingerprint density at radius 3 is 1.94 bits per heavy atom. The molecule has 0 spiro atoms. The van der Waals surface area contributed by atoms with E-state index in [1.807, 2.05) is 33.8 Å². The zero-order valence-corrected chi connectivity index (χ0v) is 36.0. The van der Waals surface area contributed by atoms with E-state index in [2.05, 4.69) is 91.6 Å². The molecule has 324 valence electrons. The Kier molecular flexibility index (Phi) is 13.2. The number of benzene rings is 3. The molecule has 7 rings (SSSR count). The number of nitrogens with zero attached hydrogens (tertiary/aromatic N) is 4. The number of carbonyl (C=O) groups excluding carboxylic acids is 4. The van der Waals surface area contributed by atoms with Gasteiger partial charge in [-0.15, -0.1) is 0 Å². The average molecular weight is 842 g/mol. The molecule has 4 amide bonds. The maximum atomic E-state index is 13.8. The number of aromatic amines is 2. The first kappa shape index (κ1) is 43.4. The number of imidazole rings is 2. The van der Waals surface area contributed by atoms with Gasteiger partial charge in [0.15, 0.2) is 0 Å². The fourth-order valence-electron chi connectivity index (χ4n) is 8.70. The van der Waals surface area contributed by atoms with Crippen LogP contribution in [0.5, 0.6) is 0 Å². The second kappa shape index (κ2) is 18.9. The van der Waals surface area contributed by atoms with Gasteiger partial charge >= 0.3 is 12.2 Å². The fourth-order valence-corrected chi connectivity index (χ4v) is 8.70. The van der Waals surface area contributed by atoms with Crippen molar-refractivity contribution in [3.8, 4) is 39.7 Å². The third-order valence-electron chi connectivity index (χ3n) is 12.2. The van der Waals surface area contributed by atoms with Crippen LogP contribution in [0.4, 0.5) is 9.59 Å². The molecule has 5 atom stereocenters. The number of methoxy groups -OCH3 is 2. The first-order valence-electron chi connectivity index (χ1n) is 21.3. The molecule has 5 aromatic rings. The van der Waals surface area contributed by atoms with Crippen LogP contribution in [0.15, 0.2) is 73.1 Å². The van der Waals surface area contributed by atoms with Crippen LogP contribution >= 0.6 is 0 Å². The van der Waals surface area contributed by atoms with Gasteiger partial charge in [-0.25, -0.2) is 19.6 Å². The third kappa shape index (κ3) is 9.44. The van der Waals surface area contributed by atoms with Crippen molar-refractivity contribution >= 4 is 34.8 Å². The lowest BCUT2D eigenvalue weighted by molar-refractivity contribution is -0.135. The molecule has 15 heteroatoms. The summed E-state index contributed by atoms with van der Waals surface area (Å²) in [6.45, 7) is 7.71. The van der Waals surface area contributed by atoms with Gasteiger partial charge in [0, 0.05) is 12.1 Å². The Hall–Kier alpha value is -6.69. The summed E-state index contributed by atoms with van der Waals surface area (Å²) in [5.41, 5.74) is 5.65. The van der Waals surface area contributed by atoms with Crippen LogP contribution in [0.2, 0.25) is 0 Å². The molecule has 0 bridgehead atoms. The predicted molar refractivity (Wildman–Crippen MR) is 234 cm³/mol. The maximum Gasteiger partial charge on any atom is 0.407 e. The van der Waals surface area contributed by atoms with Gasteiger partial charge < -0.3 is 40.3 Å². The smallest absolute Gasteiger partial charge is 0.407 e. The van der Waals surface area contributed by atoms with Crippen molar-refractivity contribution in [3.63, 3.8) is 0 Å². The molecule has 2 aliphatic rings. The molecule has 1 aliphatic heterocycles. The van der Waals surface area contributed by atoms with E-state index in [1.54, 1.807) is 17.3 Å². The Morgan fingerprint density at radius 2 is 1.31 bits per heavy atom. The van der Waals surface area contributed by atoms with Crippen LogP contribution in [-0.4, -0.2) is 81.7 Å². The highest BCUT2D eigenvalue weighted by Crippen LogP contribution is 2.38. The molecule has 5 N–H and O–H groups in total. The molecule has 1 aliphatic carbocycles. The topological polar surface area (TPSA) is 207 Å². The lowest BCUT2D eigenvalue weighted by Crippen LogP contribution is -2.51. The highest BCUT2D eigenvalue weighted by atomic mass is 16.5. The molecule has 1 saturated carbocycles. The second-order valence-electron chi connectivity index (χ2n) is 17.0. The SMILES string of the molecule is COC(=O)N[C@H](C(=O)N[C@H](c1ncc(-c2ccc(-c3ccc4cc(-c5cnc([C@@H]6C[C@H](C#N)CN6C(=O)[C@@H](NC(=O)OC)C(C)C)[nH]5)ccc4c3)cc2)[nH]1)C1CCCC1)C(C)C. The number of hydrogen-bond donors (Lipinski definition) is 5. The molecule has 2 fully saturated rings. The minimum Gasteiger partial charge on any atom is -0.453 e. The van der Waals surface area contributed by atoms with Crippen molar-refractivity contribution < 1.29 is 28.7 Å². The summed E-state index contributed by atoms with van der Waals surface area (Å²) in [5, 5.41) is 20.4. The van der Waals surface area contributed by atoms with E-state index < -0.39 is 30.3 Å². The molecule has 15 nitrogen and oxygen atoms in total. The molecule has 2 aromatic heterocycles. The largest absolute Gasteiger partial charge is 0.453 e. The molecular weight excluding hydrogens is 787 g/mol. The molecule has 3 heterocycles. The summed E-state index contributed by atoms with van der Waals surface area (Å²) < 4.78 is 9.53. The van der Waals surface area contributed by atoms with E-state index >= 15 is 0 Å². The molecular formula is C47H55N9O6. The van der Waals surface area contributed by atoms with Crippen LogP contribution in [0.1, 0.15) is 83.5 Å². The number of ether oxygens (including phenoxy) is 2. The molecule has 1 saturated heterocycles. The Balaban J connectivity index is 1.05. The van der Waals surface area contributed by atoms with Gasteiger partial charge in [-0.3, -0.25) is 9.59 Å². The number of aromatic nitrogens is 4. The Morgan fingerprint density at radius 1 is 0.742 bits per heavy atom. The van der Waals surface area contributed by atoms with Gasteiger partial charge in [0.05, 0.1) is 62.1 Å². The summed E-state index contributed by atoms with van der Waals surface area (Å²) in [6.07, 6.45) is 6.81. The van der Waals surface area contributed by atoms with Crippen LogP contribution in [0, 0.1) is 35.0 Å². The predicted octanol–water partition coefficient (Wildman–Crippen LogP) is 7.81. The molecule has 0 unspecified atom stereocenters. The number of hydrogen-bond acceptors (Lipinski definition) is 9. The molecule has 62 heavy (non-hydrogen) atoms. The monoisotopic (exact) mass is 841 g/mol. The average Bonchev–Trinajstić information content (AvgIpc) is 4.13. The summed E-state index contributed by atoms with van der Waals surface area (Å²) in [4.78, 5) is 69.3. The number of rotatable bonds is 13. The third-order valence-corrected chi connectivity index (χ3v) is 12.2.